The Hall–Kier alpha value is -1.44. The van der Waals surface area contributed by atoms with E-state index in [9.17, 15) is 9.18 Å². The summed E-state index contributed by atoms with van der Waals surface area (Å²) >= 11 is 0. The van der Waals surface area contributed by atoms with Crippen molar-refractivity contribution in [3.63, 3.8) is 0 Å². The van der Waals surface area contributed by atoms with Gasteiger partial charge in [-0.2, -0.15) is 0 Å². The molecule has 2 aliphatic heterocycles. The predicted molar refractivity (Wildman–Crippen MR) is 91.0 cm³/mol. The van der Waals surface area contributed by atoms with Crippen LogP contribution < -0.4 is 16.1 Å². The summed E-state index contributed by atoms with van der Waals surface area (Å²) in [5.41, 5.74) is 0.253. The average Bonchev–Trinajstić information content (AvgIpc) is 2.65. The van der Waals surface area contributed by atoms with E-state index in [1.807, 2.05) is 27.7 Å². The maximum absolute atomic E-state index is 14.4. The van der Waals surface area contributed by atoms with Crippen molar-refractivity contribution in [2.45, 2.75) is 51.9 Å². The van der Waals surface area contributed by atoms with Crippen molar-refractivity contribution < 1.29 is 18.5 Å². The number of hydrogen-bond acceptors (Lipinski definition) is 4. The Morgan fingerprint density at radius 3 is 2.33 bits per heavy atom. The molecule has 0 bridgehead atoms. The molecule has 1 aromatic carbocycles. The highest BCUT2D eigenvalue weighted by molar-refractivity contribution is 6.62. The Labute approximate surface area is 142 Å². The number of rotatable bonds is 3. The van der Waals surface area contributed by atoms with Crippen molar-refractivity contribution in [3.8, 4) is 0 Å². The third-order valence-corrected chi connectivity index (χ3v) is 5.27. The molecule has 0 aromatic heterocycles. The molecule has 0 spiro atoms. The minimum atomic E-state index is -0.692. The van der Waals surface area contributed by atoms with Crippen molar-refractivity contribution in [3.05, 3.63) is 29.1 Å². The summed E-state index contributed by atoms with van der Waals surface area (Å²) in [5.74, 6) is -0.711. The molecule has 2 aliphatic rings. The van der Waals surface area contributed by atoms with Gasteiger partial charge < -0.3 is 19.9 Å². The fraction of sp³-hybridized carbons (Fsp3) is 0.588. The third kappa shape index (κ3) is 2.96. The van der Waals surface area contributed by atoms with Gasteiger partial charge in [-0.3, -0.25) is 4.79 Å². The van der Waals surface area contributed by atoms with Crippen molar-refractivity contribution >= 4 is 18.5 Å². The summed E-state index contributed by atoms with van der Waals surface area (Å²) in [5, 5.41) is 5.96. The van der Waals surface area contributed by atoms with Crippen molar-refractivity contribution in [1.82, 2.24) is 10.6 Å². The van der Waals surface area contributed by atoms with Crippen molar-refractivity contribution in [2.24, 2.45) is 0 Å². The van der Waals surface area contributed by atoms with Gasteiger partial charge in [0.05, 0.1) is 17.2 Å². The van der Waals surface area contributed by atoms with Crippen LogP contribution in [0.1, 0.15) is 43.6 Å². The van der Waals surface area contributed by atoms with Gasteiger partial charge in [-0.25, -0.2) is 4.39 Å². The van der Waals surface area contributed by atoms with Gasteiger partial charge in [-0.15, -0.1) is 0 Å². The molecule has 0 aliphatic carbocycles. The highest BCUT2D eigenvalue weighted by atomic mass is 19.1. The van der Waals surface area contributed by atoms with Crippen LogP contribution in [-0.2, 0) is 9.31 Å². The number of carbonyl (C=O) groups excluding carboxylic acids is 1. The van der Waals surface area contributed by atoms with E-state index in [4.69, 9.17) is 9.31 Å². The van der Waals surface area contributed by atoms with Crippen LogP contribution in [0.15, 0.2) is 12.1 Å². The third-order valence-electron chi connectivity index (χ3n) is 5.27. The first-order chi connectivity index (χ1) is 11.1. The highest BCUT2D eigenvalue weighted by Gasteiger charge is 2.52. The van der Waals surface area contributed by atoms with Crippen LogP contribution in [0.5, 0.6) is 0 Å². The van der Waals surface area contributed by atoms with Crippen molar-refractivity contribution in [1.29, 1.82) is 0 Å². The van der Waals surface area contributed by atoms with E-state index in [2.05, 4.69) is 10.6 Å². The lowest BCUT2D eigenvalue weighted by atomic mass is 9.75. The van der Waals surface area contributed by atoms with Crippen LogP contribution >= 0.6 is 0 Å². The molecule has 24 heavy (non-hydrogen) atoms. The molecule has 0 saturated carbocycles. The topological polar surface area (TPSA) is 59.6 Å². The smallest absolute Gasteiger partial charge is 0.399 e. The second kappa shape index (κ2) is 5.83. The van der Waals surface area contributed by atoms with E-state index in [1.165, 1.54) is 6.07 Å². The Kier molecular flexibility index (Phi) is 4.22. The van der Waals surface area contributed by atoms with Gasteiger partial charge >= 0.3 is 7.12 Å². The van der Waals surface area contributed by atoms with Crippen LogP contribution in [0.25, 0.3) is 0 Å². The summed E-state index contributed by atoms with van der Waals surface area (Å²) in [6.07, 6.45) is 0. The molecule has 2 fully saturated rings. The molecule has 1 aromatic rings. The maximum Gasteiger partial charge on any atom is 0.495 e. The quantitative estimate of drug-likeness (QED) is 0.814. The van der Waals surface area contributed by atoms with Gasteiger partial charge in [0.2, 0.25) is 0 Å². The van der Waals surface area contributed by atoms with E-state index < -0.39 is 24.1 Å². The maximum atomic E-state index is 14.4. The van der Waals surface area contributed by atoms with Gasteiger partial charge in [-0.1, -0.05) is 0 Å². The monoisotopic (exact) mass is 334 g/mol. The Morgan fingerprint density at radius 2 is 1.83 bits per heavy atom. The zero-order chi connectivity index (χ0) is 17.7. The second-order valence-electron chi connectivity index (χ2n) is 7.59. The molecule has 1 amide bonds. The fourth-order valence-electron chi connectivity index (χ4n) is 2.71. The lowest BCUT2D eigenvalue weighted by Gasteiger charge is -2.32. The molecule has 0 atom stereocenters. The van der Waals surface area contributed by atoms with Gasteiger partial charge in [0.25, 0.3) is 5.91 Å². The van der Waals surface area contributed by atoms with Gasteiger partial charge in [0, 0.05) is 18.7 Å². The minimum absolute atomic E-state index is 0.0992. The van der Waals surface area contributed by atoms with Crippen LogP contribution in [0, 0.1) is 12.7 Å². The van der Waals surface area contributed by atoms with Gasteiger partial charge in [0.15, 0.2) is 0 Å². The van der Waals surface area contributed by atoms with E-state index in [1.54, 1.807) is 13.0 Å². The number of nitrogens with one attached hydrogen (secondary N) is 2. The number of carbonyl (C=O) groups is 1. The minimum Gasteiger partial charge on any atom is -0.399 e. The van der Waals surface area contributed by atoms with Crippen LogP contribution in [0.3, 0.4) is 0 Å². The first kappa shape index (κ1) is 17.4. The SMILES string of the molecule is Cc1c(F)cc(C(=O)NC2CNC2)cc1B1OC(C)(C)C(C)(C)O1. The summed E-state index contributed by atoms with van der Waals surface area (Å²) < 4.78 is 26.4. The van der Waals surface area contributed by atoms with Crippen LogP contribution in [-0.4, -0.2) is 43.4 Å². The molecular formula is C17H24BFN2O3. The van der Waals surface area contributed by atoms with Crippen LogP contribution in [0.4, 0.5) is 4.39 Å². The van der Waals surface area contributed by atoms with E-state index in [0.717, 1.165) is 13.1 Å². The Morgan fingerprint density at radius 1 is 1.25 bits per heavy atom. The Bertz CT molecular complexity index is 658. The average molecular weight is 334 g/mol. The molecule has 2 saturated heterocycles. The van der Waals surface area contributed by atoms with E-state index in [-0.39, 0.29) is 17.5 Å². The Balaban J connectivity index is 1.89. The van der Waals surface area contributed by atoms with E-state index in [0.29, 0.717) is 11.0 Å². The molecule has 2 N–H and O–H groups in total. The lowest BCUT2D eigenvalue weighted by Crippen LogP contribution is -2.57. The molecule has 5 nitrogen and oxygen atoms in total. The number of benzene rings is 1. The predicted octanol–water partition coefficient (Wildman–Crippen LogP) is 1.13. The summed E-state index contributed by atoms with van der Waals surface area (Å²) in [6.45, 7) is 10.9. The lowest BCUT2D eigenvalue weighted by molar-refractivity contribution is 0.00578. The zero-order valence-electron chi connectivity index (χ0n) is 14.8. The molecular weight excluding hydrogens is 310 g/mol. The van der Waals surface area contributed by atoms with E-state index >= 15 is 0 Å². The molecule has 0 unspecified atom stereocenters. The molecule has 3 rings (SSSR count). The molecule has 7 heteroatoms. The first-order valence-electron chi connectivity index (χ1n) is 8.28. The molecule has 0 radical (unpaired) electrons. The zero-order valence-corrected chi connectivity index (χ0v) is 14.8. The van der Waals surface area contributed by atoms with Gasteiger partial charge in [0.1, 0.15) is 5.82 Å². The van der Waals surface area contributed by atoms with Gasteiger partial charge in [-0.05, 0) is 57.8 Å². The normalized spacial score (nSPS) is 22.3. The first-order valence-corrected chi connectivity index (χ1v) is 8.28. The second-order valence-corrected chi connectivity index (χ2v) is 7.59. The molecule has 2 heterocycles. The largest absolute Gasteiger partial charge is 0.495 e. The number of amides is 1. The standard InChI is InChI=1S/C17H24BFN2O3/c1-10-13(18-23-16(2,3)17(4,5)24-18)6-11(7-14(10)19)15(22)21-12-8-20-9-12/h6-7,12,20H,8-9H2,1-5H3,(H,21,22). The number of hydrogen-bond donors (Lipinski definition) is 2. The molecule has 130 valence electrons. The number of halogens is 1. The fourth-order valence-corrected chi connectivity index (χ4v) is 2.71. The summed E-state index contributed by atoms with van der Waals surface area (Å²) in [6, 6.07) is 3.04. The summed E-state index contributed by atoms with van der Waals surface area (Å²) in [7, 11) is -0.692. The summed E-state index contributed by atoms with van der Waals surface area (Å²) in [4.78, 5) is 12.3. The highest BCUT2D eigenvalue weighted by Crippen LogP contribution is 2.36. The van der Waals surface area contributed by atoms with Crippen LogP contribution in [0.2, 0.25) is 0 Å². The van der Waals surface area contributed by atoms with Crippen molar-refractivity contribution in [2.75, 3.05) is 13.1 Å².